The van der Waals surface area contributed by atoms with Crippen molar-refractivity contribution in [2.45, 2.75) is 32.5 Å². The van der Waals surface area contributed by atoms with Crippen molar-refractivity contribution in [1.29, 1.82) is 0 Å². The van der Waals surface area contributed by atoms with Crippen molar-refractivity contribution in [2.24, 2.45) is 5.92 Å². The molecule has 0 aromatic rings. The summed E-state index contributed by atoms with van der Waals surface area (Å²) in [6.45, 7) is 3.79. The monoisotopic (exact) mass is 188 g/mol. The number of aliphatic hydroxyl groups excluding tert-OH is 1. The van der Waals surface area contributed by atoms with Crippen molar-refractivity contribution in [1.82, 2.24) is 0 Å². The molecule has 4 nitrogen and oxygen atoms in total. The molecule has 1 aliphatic heterocycles. The van der Waals surface area contributed by atoms with E-state index < -0.39 is 0 Å². The Kier molecular flexibility index (Phi) is 3.69. The minimum atomic E-state index is -0.294. The molecular formula is C9H16O4. The van der Waals surface area contributed by atoms with Crippen LogP contribution in [0.2, 0.25) is 0 Å². The largest absolute Gasteiger partial charge is 0.462 e. The molecule has 0 amide bonds. The van der Waals surface area contributed by atoms with Gasteiger partial charge in [-0.3, -0.25) is 4.79 Å². The van der Waals surface area contributed by atoms with Gasteiger partial charge in [-0.25, -0.2) is 0 Å². The molecule has 1 heterocycles. The van der Waals surface area contributed by atoms with Gasteiger partial charge in [-0.15, -0.1) is 0 Å². The second-order valence-electron chi connectivity index (χ2n) is 3.47. The van der Waals surface area contributed by atoms with Crippen LogP contribution in [0.4, 0.5) is 0 Å². The van der Waals surface area contributed by atoms with E-state index in [4.69, 9.17) is 14.6 Å². The summed E-state index contributed by atoms with van der Waals surface area (Å²) in [6, 6.07) is 0. The average Bonchev–Trinajstić information content (AvgIpc) is 2.03. The summed E-state index contributed by atoms with van der Waals surface area (Å²) in [4.78, 5) is 10.7. The molecule has 4 heteroatoms. The van der Waals surface area contributed by atoms with Crippen LogP contribution >= 0.6 is 0 Å². The van der Waals surface area contributed by atoms with Crippen LogP contribution in [0.5, 0.6) is 0 Å². The minimum Gasteiger partial charge on any atom is -0.462 e. The van der Waals surface area contributed by atoms with Crippen LogP contribution in [0, 0.1) is 5.92 Å². The van der Waals surface area contributed by atoms with E-state index in [9.17, 15) is 4.79 Å². The zero-order valence-electron chi connectivity index (χ0n) is 8.03. The highest BCUT2D eigenvalue weighted by atomic mass is 16.6. The number of hydrogen-bond donors (Lipinski definition) is 1. The molecule has 0 radical (unpaired) electrons. The van der Waals surface area contributed by atoms with Crippen LogP contribution in [0.1, 0.15) is 20.3 Å². The Hall–Kier alpha value is -0.610. The summed E-state index contributed by atoms with van der Waals surface area (Å²) in [5.41, 5.74) is 0. The van der Waals surface area contributed by atoms with Gasteiger partial charge < -0.3 is 14.6 Å². The Morgan fingerprint density at radius 3 is 2.92 bits per heavy atom. The predicted molar refractivity (Wildman–Crippen MR) is 46.2 cm³/mol. The highest BCUT2D eigenvalue weighted by Gasteiger charge is 2.30. The van der Waals surface area contributed by atoms with E-state index in [-0.39, 0.29) is 30.7 Å². The summed E-state index contributed by atoms with van der Waals surface area (Å²) < 4.78 is 10.4. The highest BCUT2D eigenvalue weighted by molar-refractivity contribution is 5.66. The quantitative estimate of drug-likeness (QED) is 0.635. The zero-order valence-corrected chi connectivity index (χ0v) is 8.03. The molecule has 3 atom stereocenters. The summed E-state index contributed by atoms with van der Waals surface area (Å²) >= 11 is 0. The molecule has 1 N–H and O–H groups in total. The van der Waals surface area contributed by atoms with E-state index in [1.165, 1.54) is 6.92 Å². The lowest BCUT2D eigenvalue weighted by atomic mass is 9.96. The number of carbonyl (C=O) groups excluding carboxylic acids is 1. The topological polar surface area (TPSA) is 55.8 Å². The first-order chi connectivity index (χ1) is 6.13. The normalized spacial score (nSPS) is 34.2. The number of rotatable bonds is 2. The van der Waals surface area contributed by atoms with Crippen molar-refractivity contribution in [3.05, 3.63) is 0 Å². The lowest BCUT2D eigenvalue weighted by Crippen LogP contribution is -2.40. The van der Waals surface area contributed by atoms with Gasteiger partial charge in [0.25, 0.3) is 0 Å². The maximum Gasteiger partial charge on any atom is 0.302 e. The summed E-state index contributed by atoms with van der Waals surface area (Å²) in [6.07, 6.45) is 0.587. The number of esters is 1. The van der Waals surface area contributed by atoms with Crippen molar-refractivity contribution < 1.29 is 19.4 Å². The average molecular weight is 188 g/mol. The van der Waals surface area contributed by atoms with E-state index in [2.05, 4.69) is 0 Å². The molecule has 1 rings (SSSR count). The summed E-state index contributed by atoms with van der Waals surface area (Å²) in [5, 5.41) is 8.99. The Morgan fingerprint density at radius 1 is 1.69 bits per heavy atom. The van der Waals surface area contributed by atoms with Gasteiger partial charge in [-0.2, -0.15) is 0 Å². The van der Waals surface area contributed by atoms with E-state index in [1.807, 2.05) is 6.92 Å². The number of hydrogen-bond acceptors (Lipinski definition) is 4. The van der Waals surface area contributed by atoms with Crippen molar-refractivity contribution in [3.8, 4) is 0 Å². The van der Waals surface area contributed by atoms with Gasteiger partial charge in [-0.05, 0) is 6.92 Å². The maximum absolute atomic E-state index is 10.7. The maximum atomic E-state index is 10.7. The van der Waals surface area contributed by atoms with Crippen molar-refractivity contribution >= 4 is 5.97 Å². The molecule has 0 aromatic heterocycles. The lowest BCUT2D eigenvalue weighted by Gasteiger charge is -2.33. The molecule has 13 heavy (non-hydrogen) atoms. The lowest BCUT2D eigenvalue weighted by molar-refractivity contribution is -0.162. The van der Waals surface area contributed by atoms with E-state index in [0.29, 0.717) is 13.0 Å². The Balaban J connectivity index is 2.49. The van der Waals surface area contributed by atoms with Crippen LogP contribution in [0.25, 0.3) is 0 Å². The fourth-order valence-corrected chi connectivity index (χ4v) is 1.51. The first-order valence-corrected chi connectivity index (χ1v) is 4.53. The molecule has 0 saturated carbocycles. The first-order valence-electron chi connectivity index (χ1n) is 4.53. The minimum absolute atomic E-state index is 0.00463. The van der Waals surface area contributed by atoms with Crippen LogP contribution in [-0.4, -0.2) is 36.5 Å². The van der Waals surface area contributed by atoms with Gasteiger partial charge in [0.1, 0.15) is 6.10 Å². The van der Waals surface area contributed by atoms with Crippen LogP contribution in [0.3, 0.4) is 0 Å². The molecule has 0 aliphatic carbocycles. The molecule has 0 unspecified atom stereocenters. The van der Waals surface area contributed by atoms with Crippen LogP contribution in [-0.2, 0) is 14.3 Å². The summed E-state index contributed by atoms with van der Waals surface area (Å²) in [5.74, 6) is -0.363. The van der Waals surface area contributed by atoms with Crippen LogP contribution < -0.4 is 0 Å². The Labute approximate surface area is 77.8 Å². The molecule has 1 saturated heterocycles. The van der Waals surface area contributed by atoms with Gasteiger partial charge >= 0.3 is 5.97 Å². The molecule has 0 aromatic carbocycles. The number of ether oxygens (including phenoxy) is 2. The Bertz CT molecular complexity index is 180. The summed E-state index contributed by atoms with van der Waals surface area (Å²) in [7, 11) is 0. The SMILES string of the molecule is CC(=O)O[C@H]1C[C@@H](C)OC[C@@H]1CO. The fourth-order valence-electron chi connectivity index (χ4n) is 1.51. The molecule has 76 valence electrons. The van der Waals surface area contributed by atoms with Gasteiger partial charge in [0.2, 0.25) is 0 Å². The zero-order chi connectivity index (χ0) is 9.84. The Morgan fingerprint density at radius 2 is 2.38 bits per heavy atom. The molecule has 1 fully saturated rings. The highest BCUT2D eigenvalue weighted by Crippen LogP contribution is 2.22. The molecule has 0 spiro atoms. The standard InChI is InChI=1S/C9H16O4/c1-6-3-9(13-7(2)11)8(4-10)5-12-6/h6,8-10H,3-5H2,1-2H3/t6-,8+,9+/m1/s1. The second-order valence-corrected chi connectivity index (χ2v) is 3.47. The van der Waals surface area contributed by atoms with E-state index >= 15 is 0 Å². The molecule has 1 aliphatic rings. The third-order valence-corrected chi connectivity index (χ3v) is 2.24. The second kappa shape index (κ2) is 4.58. The van der Waals surface area contributed by atoms with E-state index in [0.717, 1.165) is 0 Å². The third-order valence-electron chi connectivity index (χ3n) is 2.24. The first kappa shape index (κ1) is 10.5. The van der Waals surface area contributed by atoms with Crippen molar-refractivity contribution in [3.63, 3.8) is 0 Å². The van der Waals surface area contributed by atoms with E-state index in [1.54, 1.807) is 0 Å². The van der Waals surface area contributed by atoms with Gasteiger partial charge in [0, 0.05) is 19.3 Å². The smallest absolute Gasteiger partial charge is 0.302 e. The molecular weight excluding hydrogens is 172 g/mol. The number of carbonyl (C=O) groups is 1. The third kappa shape index (κ3) is 2.97. The van der Waals surface area contributed by atoms with Gasteiger partial charge in [-0.1, -0.05) is 0 Å². The van der Waals surface area contributed by atoms with Gasteiger partial charge in [0.15, 0.2) is 0 Å². The predicted octanol–water partition coefficient (Wildman–Crippen LogP) is 0.335. The fraction of sp³-hybridized carbons (Fsp3) is 0.889. The number of aliphatic hydroxyl groups is 1. The van der Waals surface area contributed by atoms with Gasteiger partial charge in [0.05, 0.1) is 19.3 Å². The van der Waals surface area contributed by atoms with Crippen molar-refractivity contribution in [2.75, 3.05) is 13.2 Å². The molecule has 0 bridgehead atoms. The van der Waals surface area contributed by atoms with Crippen LogP contribution in [0.15, 0.2) is 0 Å².